The molecule has 7 nitrogen and oxygen atoms in total. The molecule has 1 unspecified atom stereocenters. The van der Waals surface area contributed by atoms with Gasteiger partial charge in [-0.15, -0.1) is 11.3 Å². The van der Waals surface area contributed by atoms with Crippen molar-refractivity contribution in [3.05, 3.63) is 65.2 Å². The molecule has 180 valence electrons. The van der Waals surface area contributed by atoms with E-state index >= 15 is 0 Å². The van der Waals surface area contributed by atoms with E-state index in [0.29, 0.717) is 37.5 Å². The van der Waals surface area contributed by atoms with E-state index in [9.17, 15) is 18.0 Å². The standard InChI is InChI=1S/C24H26ClN3O4S2/c1-2-27(15-17-7-4-3-5-8-17)22(29)16-28-12-6-9-20(24(28)30)26-34(31,32)23-13-18-10-11-19(25)14-21(18)33-23/h3-5,7-8,10-11,13-14,20,26H,2,6,9,12,15-16H2,1H3. The third-order valence-electron chi connectivity index (χ3n) is 5.83. The van der Waals surface area contributed by atoms with Crippen LogP contribution in [-0.4, -0.2) is 55.7 Å². The summed E-state index contributed by atoms with van der Waals surface area (Å²) < 4.78 is 29.5. The number of rotatable bonds is 8. The van der Waals surface area contributed by atoms with Crippen LogP contribution in [0.2, 0.25) is 5.02 Å². The van der Waals surface area contributed by atoms with E-state index < -0.39 is 16.1 Å². The van der Waals surface area contributed by atoms with E-state index in [1.807, 2.05) is 37.3 Å². The summed E-state index contributed by atoms with van der Waals surface area (Å²) in [7, 11) is -3.90. The van der Waals surface area contributed by atoms with Crippen molar-refractivity contribution in [1.82, 2.24) is 14.5 Å². The fourth-order valence-electron chi connectivity index (χ4n) is 4.01. The molecule has 1 aliphatic rings. The number of piperidine rings is 1. The zero-order chi connectivity index (χ0) is 24.3. The number of halogens is 1. The lowest BCUT2D eigenvalue weighted by Gasteiger charge is -2.33. The van der Waals surface area contributed by atoms with Crippen LogP contribution in [0.5, 0.6) is 0 Å². The summed E-state index contributed by atoms with van der Waals surface area (Å²) in [5.74, 6) is -0.535. The average molecular weight is 520 g/mol. The van der Waals surface area contributed by atoms with E-state index in [4.69, 9.17) is 11.6 Å². The minimum atomic E-state index is -3.90. The average Bonchev–Trinajstić information content (AvgIpc) is 3.25. The number of thiophene rings is 1. The summed E-state index contributed by atoms with van der Waals surface area (Å²) in [6.07, 6.45) is 1.00. The Morgan fingerprint density at radius 1 is 1.21 bits per heavy atom. The maximum absolute atomic E-state index is 13.1. The first-order valence-corrected chi connectivity index (χ1v) is 13.8. The van der Waals surface area contributed by atoms with Crippen LogP contribution < -0.4 is 4.72 Å². The van der Waals surface area contributed by atoms with Crippen LogP contribution in [0.15, 0.2) is 58.8 Å². The van der Waals surface area contributed by atoms with Crippen molar-refractivity contribution < 1.29 is 18.0 Å². The molecule has 2 aromatic carbocycles. The molecule has 1 N–H and O–H groups in total. The lowest BCUT2D eigenvalue weighted by molar-refractivity contribution is -0.143. The molecule has 0 spiro atoms. The minimum Gasteiger partial charge on any atom is -0.337 e. The van der Waals surface area contributed by atoms with Gasteiger partial charge in [0.1, 0.15) is 10.3 Å². The second-order valence-corrected chi connectivity index (χ2v) is 11.7. The maximum atomic E-state index is 13.1. The molecule has 1 aromatic heterocycles. The van der Waals surface area contributed by atoms with E-state index in [1.54, 1.807) is 29.2 Å². The molecule has 4 rings (SSSR count). The van der Waals surface area contributed by atoms with Gasteiger partial charge in [0.25, 0.3) is 10.0 Å². The van der Waals surface area contributed by atoms with Gasteiger partial charge in [-0.1, -0.05) is 48.0 Å². The van der Waals surface area contributed by atoms with Crippen LogP contribution >= 0.6 is 22.9 Å². The molecule has 2 heterocycles. The number of benzene rings is 2. The molecular formula is C24H26ClN3O4S2. The lowest BCUT2D eigenvalue weighted by Crippen LogP contribution is -2.54. The van der Waals surface area contributed by atoms with Crippen LogP contribution in [0.1, 0.15) is 25.3 Å². The Bertz CT molecular complexity index is 1290. The highest BCUT2D eigenvalue weighted by Gasteiger charge is 2.34. The van der Waals surface area contributed by atoms with E-state index in [2.05, 4.69) is 4.72 Å². The van der Waals surface area contributed by atoms with Gasteiger partial charge >= 0.3 is 0 Å². The first-order valence-electron chi connectivity index (χ1n) is 11.1. The topological polar surface area (TPSA) is 86.8 Å². The Kier molecular flexibility index (Phi) is 7.57. The SMILES string of the molecule is CCN(Cc1ccccc1)C(=O)CN1CCCC(NS(=O)(=O)c2cc3ccc(Cl)cc3s2)C1=O. The van der Waals surface area contributed by atoms with Gasteiger partial charge in [0.2, 0.25) is 11.8 Å². The van der Waals surface area contributed by atoms with Gasteiger partial charge in [-0.05, 0) is 48.9 Å². The first kappa shape index (κ1) is 24.7. The first-order chi connectivity index (χ1) is 16.3. The summed E-state index contributed by atoms with van der Waals surface area (Å²) in [5.41, 5.74) is 1.01. The second kappa shape index (κ2) is 10.4. The monoisotopic (exact) mass is 519 g/mol. The molecule has 0 bridgehead atoms. The number of hydrogen-bond acceptors (Lipinski definition) is 5. The summed E-state index contributed by atoms with van der Waals surface area (Å²) in [5, 5.41) is 1.30. The summed E-state index contributed by atoms with van der Waals surface area (Å²) in [6, 6.07) is 15.5. The molecule has 0 saturated carbocycles. The Labute approximate surface area is 208 Å². The van der Waals surface area contributed by atoms with E-state index in [-0.39, 0.29) is 22.6 Å². The zero-order valence-electron chi connectivity index (χ0n) is 18.7. The summed E-state index contributed by atoms with van der Waals surface area (Å²) in [4.78, 5) is 29.1. The Morgan fingerprint density at radius 3 is 2.71 bits per heavy atom. The molecule has 10 heteroatoms. The number of nitrogens with one attached hydrogen (secondary N) is 1. The van der Waals surface area contributed by atoms with Crippen LogP contribution in [-0.2, 0) is 26.2 Å². The van der Waals surface area contributed by atoms with Gasteiger partial charge in [0.05, 0.1) is 6.54 Å². The highest BCUT2D eigenvalue weighted by atomic mass is 35.5. The number of nitrogens with zero attached hydrogens (tertiary/aromatic N) is 2. The number of amides is 2. The molecule has 1 fully saturated rings. The molecular weight excluding hydrogens is 494 g/mol. The predicted molar refractivity (Wildman–Crippen MR) is 134 cm³/mol. The fraction of sp³-hybridized carbons (Fsp3) is 0.333. The molecule has 34 heavy (non-hydrogen) atoms. The predicted octanol–water partition coefficient (Wildman–Crippen LogP) is 3.87. The van der Waals surface area contributed by atoms with Crippen LogP contribution in [0, 0.1) is 0 Å². The Morgan fingerprint density at radius 2 is 1.97 bits per heavy atom. The van der Waals surface area contributed by atoms with Gasteiger partial charge in [0.15, 0.2) is 0 Å². The van der Waals surface area contributed by atoms with E-state index in [0.717, 1.165) is 27.0 Å². The van der Waals surface area contributed by atoms with Crippen molar-refractivity contribution in [2.24, 2.45) is 0 Å². The van der Waals surface area contributed by atoms with Crippen molar-refractivity contribution in [2.45, 2.75) is 36.6 Å². The van der Waals surface area contributed by atoms with Gasteiger partial charge in [0, 0.05) is 29.4 Å². The number of carbonyl (C=O) groups excluding carboxylic acids is 2. The molecule has 3 aromatic rings. The van der Waals surface area contributed by atoms with Gasteiger partial charge in [-0.2, -0.15) is 4.72 Å². The summed E-state index contributed by atoms with van der Waals surface area (Å²) >= 11 is 7.12. The minimum absolute atomic E-state index is 0.0703. The largest absolute Gasteiger partial charge is 0.337 e. The number of likely N-dealkylation sites (N-methyl/N-ethyl adjacent to an activating group) is 1. The highest BCUT2D eigenvalue weighted by molar-refractivity contribution is 7.91. The number of fused-ring (bicyclic) bond motifs is 1. The third-order valence-corrected chi connectivity index (χ3v) is 9.11. The van der Waals surface area contributed by atoms with Gasteiger partial charge in [-0.3, -0.25) is 9.59 Å². The maximum Gasteiger partial charge on any atom is 0.250 e. The second-order valence-electron chi connectivity index (χ2n) is 8.22. The highest BCUT2D eigenvalue weighted by Crippen LogP contribution is 2.31. The normalized spacial score (nSPS) is 16.7. The van der Waals surface area contributed by atoms with Crippen LogP contribution in [0.25, 0.3) is 10.1 Å². The third kappa shape index (κ3) is 5.60. The zero-order valence-corrected chi connectivity index (χ0v) is 21.1. The number of hydrogen-bond donors (Lipinski definition) is 1. The molecule has 1 saturated heterocycles. The van der Waals surface area contributed by atoms with Crippen LogP contribution in [0.3, 0.4) is 0 Å². The van der Waals surface area contributed by atoms with Crippen molar-refractivity contribution in [2.75, 3.05) is 19.6 Å². The van der Waals surface area contributed by atoms with Crippen molar-refractivity contribution >= 4 is 54.9 Å². The number of likely N-dealkylation sites (tertiary alicyclic amines) is 1. The van der Waals surface area contributed by atoms with Crippen molar-refractivity contribution in [3.63, 3.8) is 0 Å². The number of sulfonamides is 1. The lowest BCUT2D eigenvalue weighted by atomic mass is 10.1. The quantitative estimate of drug-likeness (QED) is 0.489. The van der Waals surface area contributed by atoms with Gasteiger partial charge < -0.3 is 9.80 Å². The van der Waals surface area contributed by atoms with Crippen molar-refractivity contribution in [1.29, 1.82) is 0 Å². The molecule has 1 aliphatic heterocycles. The Balaban J connectivity index is 1.43. The summed E-state index contributed by atoms with van der Waals surface area (Å²) in [6.45, 7) is 3.23. The fourth-order valence-corrected chi connectivity index (χ4v) is 6.92. The Hall–Kier alpha value is -2.46. The van der Waals surface area contributed by atoms with Crippen molar-refractivity contribution in [3.8, 4) is 0 Å². The molecule has 0 radical (unpaired) electrons. The molecule has 2 amide bonds. The van der Waals surface area contributed by atoms with Crippen LogP contribution in [0.4, 0.5) is 0 Å². The molecule has 0 aliphatic carbocycles. The van der Waals surface area contributed by atoms with E-state index in [1.165, 1.54) is 4.90 Å². The number of carbonyl (C=O) groups is 2. The van der Waals surface area contributed by atoms with Gasteiger partial charge in [-0.25, -0.2) is 8.42 Å². The smallest absolute Gasteiger partial charge is 0.250 e. The molecule has 1 atom stereocenters.